The Labute approximate surface area is 245 Å². The van der Waals surface area contributed by atoms with Gasteiger partial charge < -0.3 is 9.16 Å². The Balaban J connectivity index is 1.73. The molecule has 1 aliphatic rings. The summed E-state index contributed by atoms with van der Waals surface area (Å²) < 4.78 is 13.5. The van der Waals surface area contributed by atoms with Crippen molar-refractivity contribution in [3.05, 3.63) is 64.1 Å². The van der Waals surface area contributed by atoms with E-state index in [1.54, 1.807) is 6.92 Å². The van der Waals surface area contributed by atoms with Gasteiger partial charge in [0.05, 0.1) is 24.6 Å². The van der Waals surface area contributed by atoms with Crippen molar-refractivity contribution >= 4 is 25.5 Å². The normalized spacial score (nSPS) is 14.9. The molecule has 0 atom stereocenters. The first kappa shape index (κ1) is 31.0. The van der Waals surface area contributed by atoms with E-state index in [0.29, 0.717) is 39.5 Å². The van der Waals surface area contributed by atoms with Crippen molar-refractivity contribution in [1.29, 1.82) is 0 Å². The molecular weight excluding hydrogens is 530 g/mol. The lowest BCUT2D eigenvalue weighted by atomic mass is 9.84. The Morgan fingerprint density at radius 1 is 1.05 bits per heavy atom. The maximum atomic E-state index is 13.3. The topological polar surface area (TPSA) is 85.7 Å². The van der Waals surface area contributed by atoms with Gasteiger partial charge in [0.2, 0.25) is 8.32 Å². The molecule has 0 bridgehead atoms. The Morgan fingerprint density at radius 3 is 2.22 bits per heavy atom. The first-order chi connectivity index (χ1) is 19.5. The number of rotatable bonds is 11. The number of H-pyrrole nitrogens is 1. The highest BCUT2D eigenvalue weighted by Crippen LogP contribution is 2.43. The quantitative estimate of drug-likeness (QED) is 0.184. The summed E-state index contributed by atoms with van der Waals surface area (Å²) in [7, 11) is -2.18. The molecule has 222 valence electrons. The summed E-state index contributed by atoms with van der Waals surface area (Å²) in [5.41, 5.74) is 5.07. The number of nitrogens with one attached hydrogen (secondary N) is 1. The van der Waals surface area contributed by atoms with Gasteiger partial charge in [0.25, 0.3) is 5.56 Å². The number of aromatic amines is 1. The number of fused-ring (bicyclic) bond motifs is 1. The highest BCUT2D eigenvalue weighted by Gasteiger charge is 2.45. The van der Waals surface area contributed by atoms with Gasteiger partial charge in [-0.05, 0) is 53.4 Å². The lowest BCUT2D eigenvalue weighted by Gasteiger charge is -2.42. The van der Waals surface area contributed by atoms with Gasteiger partial charge in [-0.3, -0.25) is 9.89 Å². The second-order valence-electron chi connectivity index (χ2n) is 12.4. The van der Waals surface area contributed by atoms with Gasteiger partial charge >= 0.3 is 5.97 Å². The molecule has 41 heavy (non-hydrogen) atoms. The van der Waals surface area contributed by atoms with Gasteiger partial charge in [-0.1, -0.05) is 91.6 Å². The van der Waals surface area contributed by atoms with Gasteiger partial charge in [-0.25, -0.2) is 14.3 Å². The second kappa shape index (κ2) is 12.9. The summed E-state index contributed by atoms with van der Waals surface area (Å²) in [6, 6.07) is 9.86. The maximum Gasteiger partial charge on any atom is 0.344 e. The monoisotopic (exact) mass is 577 g/mol. The van der Waals surface area contributed by atoms with Crippen LogP contribution in [0, 0.1) is 0 Å². The number of hydrogen-bond donors (Lipinski definition) is 1. The zero-order valence-corrected chi connectivity index (χ0v) is 26.9. The van der Waals surface area contributed by atoms with Crippen LogP contribution < -0.4 is 5.56 Å². The summed E-state index contributed by atoms with van der Waals surface area (Å²) in [6.45, 7) is 19.9. The predicted molar refractivity (Wildman–Crippen MR) is 169 cm³/mol. The third-order valence-corrected chi connectivity index (χ3v) is 15.0. The van der Waals surface area contributed by atoms with E-state index < -0.39 is 14.3 Å². The van der Waals surface area contributed by atoms with E-state index in [1.165, 1.54) is 48.2 Å². The molecule has 1 aromatic carbocycles. The standard InChI is InChI=1S/C33H47N3O4Si/c1-9-39-33(38)30-31(24(8)20-40-41(21(2)3,22(4)5)23(6)7)35-36-29(37)19-28(34-32(30)36)27-17-15-26(16-18-27)25-13-11-10-12-14-25/h15-19,21-23,25,35H,8-14,20H2,1-7H3. The second-order valence-corrected chi connectivity index (χ2v) is 17.8. The fourth-order valence-corrected chi connectivity index (χ4v) is 12.4. The molecule has 8 heteroatoms. The van der Waals surface area contributed by atoms with Crippen molar-refractivity contribution in [2.24, 2.45) is 0 Å². The van der Waals surface area contributed by atoms with Crippen LogP contribution in [0.25, 0.3) is 22.5 Å². The van der Waals surface area contributed by atoms with Crippen molar-refractivity contribution in [2.45, 2.75) is 103 Å². The minimum atomic E-state index is -2.18. The summed E-state index contributed by atoms with van der Waals surface area (Å²) in [5, 5.41) is 3.10. The van der Waals surface area contributed by atoms with Crippen molar-refractivity contribution in [1.82, 2.24) is 14.6 Å². The van der Waals surface area contributed by atoms with E-state index in [4.69, 9.17) is 14.1 Å². The fourth-order valence-electron chi connectivity index (χ4n) is 6.98. The fraction of sp³-hybridized carbons (Fsp3) is 0.545. The van der Waals surface area contributed by atoms with Crippen molar-refractivity contribution in [3.63, 3.8) is 0 Å². The molecule has 0 saturated heterocycles. The molecule has 1 fully saturated rings. The zero-order valence-electron chi connectivity index (χ0n) is 25.9. The van der Waals surface area contributed by atoms with Crippen molar-refractivity contribution in [2.75, 3.05) is 13.2 Å². The maximum absolute atomic E-state index is 13.3. The van der Waals surface area contributed by atoms with Gasteiger partial charge in [0, 0.05) is 11.6 Å². The van der Waals surface area contributed by atoms with Crippen LogP contribution in [0.1, 0.15) is 108 Å². The largest absolute Gasteiger partial charge is 0.462 e. The lowest BCUT2D eigenvalue weighted by molar-refractivity contribution is 0.0528. The molecule has 4 rings (SSSR count). The molecule has 7 nitrogen and oxygen atoms in total. The van der Waals surface area contributed by atoms with Crippen LogP contribution in [0.5, 0.6) is 0 Å². The molecule has 0 amide bonds. The first-order valence-electron chi connectivity index (χ1n) is 15.3. The Hall–Kier alpha value is -2.97. The zero-order chi connectivity index (χ0) is 29.9. The summed E-state index contributed by atoms with van der Waals surface area (Å²) in [4.78, 5) is 31.4. The van der Waals surface area contributed by atoms with Crippen LogP contribution in [0.15, 0.2) is 41.7 Å². The molecule has 1 aliphatic carbocycles. The number of esters is 1. The molecule has 0 radical (unpaired) electrons. The van der Waals surface area contributed by atoms with Crippen LogP contribution in [-0.2, 0) is 9.16 Å². The minimum Gasteiger partial charge on any atom is -0.462 e. The van der Waals surface area contributed by atoms with E-state index in [2.05, 4.69) is 65.4 Å². The van der Waals surface area contributed by atoms with Gasteiger partial charge in [0.15, 0.2) is 5.65 Å². The SMILES string of the molecule is C=C(CO[Si](C(C)C)(C(C)C)C(C)C)c1[nH]n2c(=O)cc(-c3ccc(C4CCCCC4)cc3)nc2c1C(=O)OCC. The van der Waals surface area contributed by atoms with Gasteiger partial charge in [0.1, 0.15) is 5.56 Å². The van der Waals surface area contributed by atoms with Crippen LogP contribution in [0.2, 0.25) is 16.6 Å². The number of carbonyl (C=O) groups is 1. The third kappa shape index (κ3) is 6.14. The van der Waals surface area contributed by atoms with E-state index in [-0.39, 0.29) is 30.0 Å². The molecule has 0 spiro atoms. The smallest absolute Gasteiger partial charge is 0.344 e. The molecule has 2 aromatic heterocycles. The highest BCUT2D eigenvalue weighted by molar-refractivity contribution is 6.77. The van der Waals surface area contributed by atoms with E-state index in [0.717, 1.165) is 5.56 Å². The average molecular weight is 578 g/mol. The molecule has 0 aliphatic heterocycles. The van der Waals surface area contributed by atoms with E-state index in [1.807, 2.05) is 12.1 Å². The number of benzene rings is 1. The van der Waals surface area contributed by atoms with Crippen LogP contribution in [0.3, 0.4) is 0 Å². The molecule has 3 aromatic rings. The van der Waals surface area contributed by atoms with E-state index in [9.17, 15) is 9.59 Å². The van der Waals surface area contributed by atoms with E-state index >= 15 is 0 Å². The molecule has 1 saturated carbocycles. The lowest BCUT2D eigenvalue weighted by Crippen LogP contribution is -2.48. The number of hydrogen-bond acceptors (Lipinski definition) is 5. The summed E-state index contributed by atoms with van der Waals surface area (Å²) in [6.07, 6.45) is 6.32. The molecule has 0 unspecified atom stereocenters. The van der Waals surface area contributed by atoms with Crippen LogP contribution in [0.4, 0.5) is 0 Å². The molecule has 1 N–H and O–H groups in total. The molecular formula is C33H47N3O4Si. The minimum absolute atomic E-state index is 0.204. The average Bonchev–Trinajstić information content (AvgIpc) is 3.34. The van der Waals surface area contributed by atoms with Gasteiger partial charge in [-0.15, -0.1) is 0 Å². The Bertz CT molecular complexity index is 1410. The number of nitrogens with zero attached hydrogens (tertiary/aromatic N) is 2. The molecule has 2 heterocycles. The third-order valence-electron chi connectivity index (χ3n) is 8.94. The highest BCUT2D eigenvalue weighted by atomic mass is 28.4. The number of aromatic nitrogens is 3. The number of carbonyl (C=O) groups excluding carboxylic acids is 1. The van der Waals surface area contributed by atoms with Crippen LogP contribution in [-0.4, -0.2) is 42.1 Å². The Kier molecular flexibility index (Phi) is 9.75. The number of ether oxygens (including phenoxy) is 1. The first-order valence-corrected chi connectivity index (χ1v) is 17.4. The summed E-state index contributed by atoms with van der Waals surface area (Å²) >= 11 is 0. The van der Waals surface area contributed by atoms with Crippen molar-refractivity contribution < 1.29 is 14.0 Å². The Morgan fingerprint density at radius 2 is 1.66 bits per heavy atom. The van der Waals surface area contributed by atoms with Crippen molar-refractivity contribution in [3.8, 4) is 11.3 Å². The van der Waals surface area contributed by atoms with Crippen LogP contribution >= 0.6 is 0 Å². The summed E-state index contributed by atoms with van der Waals surface area (Å²) in [5.74, 6) is 0.0535. The van der Waals surface area contributed by atoms with Gasteiger partial charge in [-0.2, -0.15) is 0 Å². The predicted octanol–water partition coefficient (Wildman–Crippen LogP) is 8.12.